The summed E-state index contributed by atoms with van der Waals surface area (Å²) in [5.74, 6) is -0.428. The van der Waals surface area contributed by atoms with Crippen molar-refractivity contribution in [1.29, 1.82) is 0 Å². The number of hydrogen-bond acceptors (Lipinski definition) is 4. The third kappa shape index (κ3) is 8.49. The summed E-state index contributed by atoms with van der Waals surface area (Å²) in [6.45, 7) is 11.5. The fraction of sp³-hybridized carbons (Fsp3) is 0.375. The van der Waals surface area contributed by atoms with Crippen molar-refractivity contribution in [2.75, 3.05) is 17.4 Å². The van der Waals surface area contributed by atoms with Gasteiger partial charge in [-0.1, -0.05) is 86.8 Å². The Hall–Kier alpha value is -3.07. The Morgan fingerprint density at radius 1 is 0.857 bits per heavy atom. The molecule has 0 spiro atoms. The topological polar surface area (TPSA) is 86.8 Å². The number of amides is 2. The van der Waals surface area contributed by atoms with Crippen molar-refractivity contribution < 1.29 is 18.0 Å². The number of sulfonamides is 1. The van der Waals surface area contributed by atoms with E-state index in [1.807, 2.05) is 46.8 Å². The minimum Gasteiger partial charge on any atom is -0.354 e. The van der Waals surface area contributed by atoms with Crippen molar-refractivity contribution in [3.8, 4) is 0 Å². The van der Waals surface area contributed by atoms with Crippen LogP contribution in [0, 0.1) is 12.8 Å². The molecule has 0 aliphatic rings. The molecule has 3 aromatic carbocycles. The van der Waals surface area contributed by atoms with Gasteiger partial charge in [0.05, 0.1) is 20.6 Å². The average molecular weight is 633 g/mol. The Kier molecular flexibility index (Phi) is 11.5. The first-order valence-corrected chi connectivity index (χ1v) is 16.1. The van der Waals surface area contributed by atoms with Crippen molar-refractivity contribution in [2.24, 2.45) is 5.92 Å². The fourth-order valence-corrected chi connectivity index (χ4v) is 6.00. The maximum absolute atomic E-state index is 14.1. The van der Waals surface area contributed by atoms with Crippen LogP contribution in [0.15, 0.2) is 71.6 Å². The van der Waals surface area contributed by atoms with Gasteiger partial charge >= 0.3 is 0 Å². The zero-order chi connectivity index (χ0) is 31.2. The molecule has 0 radical (unpaired) electrons. The largest absolute Gasteiger partial charge is 0.354 e. The Labute approximate surface area is 259 Å². The van der Waals surface area contributed by atoms with Crippen molar-refractivity contribution in [3.05, 3.63) is 93.5 Å². The number of aryl methyl sites for hydroxylation is 1. The zero-order valence-electron chi connectivity index (χ0n) is 24.9. The van der Waals surface area contributed by atoms with Crippen LogP contribution in [0.1, 0.15) is 57.2 Å². The van der Waals surface area contributed by atoms with Crippen molar-refractivity contribution in [3.63, 3.8) is 0 Å². The van der Waals surface area contributed by atoms with Gasteiger partial charge in [0.15, 0.2) is 0 Å². The number of hydrogen-bond donors (Lipinski definition) is 1. The standard InChI is InChI=1S/C32H39Cl2N3O4S/c1-21(2)18-35-32(39)24(6)36(19-25-9-16-29(33)30(34)17-25)31(38)20-37(27-12-10-26(11-13-27)22(3)4)42(40,41)28-14-7-23(5)8-15-28/h7-17,21-22,24H,18-20H2,1-6H3,(H,35,39)/t24-/m1/s1. The minimum absolute atomic E-state index is 0.0245. The Morgan fingerprint density at radius 3 is 2.02 bits per heavy atom. The maximum atomic E-state index is 14.1. The van der Waals surface area contributed by atoms with Crippen LogP contribution < -0.4 is 9.62 Å². The second kappa shape index (κ2) is 14.4. The van der Waals surface area contributed by atoms with Crippen molar-refractivity contribution in [2.45, 2.75) is 64.9 Å². The van der Waals surface area contributed by atoms with Crippen molar-refractivity contribution in [1.82, 2.24) is 10.2 Å². The lowest BCUT2D eigenvalue weighted by Crippen LogP contribution is -2.51. The lowest BCUT2D eigenvalue weighted by molar-refractivity contribution is -0.139. The highest BCUT2D eigenvalue weighted by molar-refractivity contribution is 7.92. The van der Waals surface area contributed by atoms with Gasteiger partial charge in [-0.2, -0.15) is 0 Å². The van der Waals surface area contributed by atoms with Crippen molar-refractivity contribution >= 4 is 50.7 Å². The predicted octanol–water partition coefficient (Wildman–Crippen LogP) is 6.81. The van der Waals surface area contributed by atoms with Gasteiger partial charge in [-0.25, -0.2) is 8.42 Å². The summed E-state index contributed by atoms with van der Waals surface area (Å²) >= 11 is 12.3. The average Bonchev–Trinajstić information content (AvgIpc) is 2.94. The van der Waals surface area contributed by atoms with E-state index < -0.39 is 28.5 Å². The summed E-state index contributed by atoms with van der Waals surface area (Å²) in [7, 11) is -4.14. The van der Waals surface area contributed by atoms with Crippen LogP contribution in [0.5, 0.6) is 0 Å². The molecular formula is C32H39Cl2N3O4S. The molecule has 0 fully saturated rings. The third-order valence-electron chi connectivity index (χ3n) is 6.92. The summed E-state index contributed by atoms with van der Waals surface area (Å²) in [4.78, 5) is 28.6. The van der Waals surface area contributed by atoms with Gasteiger partial charge in [0.25, 0.3) is 10.0 Å². The van der Waals surface area contributed by atoms with Crippen LogP contribution in [0.3, 0.4) is 0 Å². The highest BCUT2D eigenvalue weighted by atomic mass is 35.5. The minimum atomic E-state index is -4.14. The zero-order valence-corrected chi connectivity index (χ0v) is 27.2. The molecule has 0 saturated heterocycles. The molecule has 1 N–H and O–H groups in total. The number of halogens is 2. The lowest BCUT2D eigenvalue weighted by atomic mass is 10.0. The summed E-state index contributed by atoms with van der Waals surface area (Å²) in [5, 5.41) is 3.55. The molecule has 0 heterocycles. The second-order valence-corrected chi connectivity index (χ2v) is 13.8. The van der Waals surface area contributed by atoms with Gasteiger partial charge in [0.2, 0.25) is 11.8 Å². The summed E-state index contributed by atoms with van der Waals surface area (Å²) in [6, 6.07) is 17.7. The first-order valence-electron chi connectivity index (χ1n) is 13.9. The number of nitrogens with zero attached hydrogens (tertiary/aromatic N) is 2. The van der Waals surface area contributed by atoms with E-state index in [1.54, 1.807) is 49.4 Å². The molecular weight excluding hydrogens is 593 g/mol. The first kappa shape index (κ1) is 33.4. The molecule has 3 rings (SSSR count). The highest BCUT2D eigenvalue weighted by Crippen LogP contribution is 2.28. The lowest BCUT2D eigenvalue weighted by Gasteiger charge is -2.32. The smallest absolute Gasteiger partial charge is 0.264 e. The first-order chi connectivity index (χ1) is 19.7. The molecule has 42 heavy (non-hydrogen) atoms. The van der Waals surface area contributed by atoms with E-state index in [0.29, 0.717) is 27.8 Å². The van der Waals surface area contributed by atoms with Gasteiger partial charge in [-0.15, -0.1) is 0 Å². The van der Waals surface area contributed by atoms with Crippen LogP contribution in [0.25, 0.3) is 0 Å². The molecule has 7 nitrogen and oxygen atoms in total. The molecule has 1 atom stereocenters. The highest BCUT2D eigenvalue weighted by Gasteiger charge is 2.32. The monoisotopic (exact) mass is 631 g/mol. The van der Waals surface area contributed by atoms with E-state index in [2.05, 4.69) is 5.32 Å². The number of benzene rings is 3. The van der Waals surface area contributed by atoms with Crippen LogP contribution in [0.2, 0.25) is 10.0 Å². The predicted molar refractivity (Wildman–Crippen MR) is 171 cm³/mol. The van der Waals surface area contributed by atoms with Gasteiger partial charge in [-0.3, -0.25) is 13.9 Å². The molecule has 3 aromatic rings. The molecule has 0 saturated carbocycles. The number of anilines is 1. The third-order valence-corrected chi connectivity index (χ3v) is 9.45. The molecule has 226 valence electrons. The van der Waals surface area contributed by atoms with Gasteiger partial charge < -0.3 is 10.2 Å². The normalized spacial score (nSPS) is 12.3. The second-order valence-electron chi connectivity index (χ2n) is 11.2. The van der Waals surface area contributed by atoms with Crippen LogP contribution in [0.4, 0.5) is 5.69 Å². The summed E-state index contributed by atoms with van der Waals surface area (Å²) in [5.41, 5.74) is 2.94. The SMILES string of the molecule is Cc1ccc(S(=O)(=O)N(CC(=O)N(Cc2ccc(Cl)c(Cl)c2)[C@H](C)C(=O)NCC(C)C)c2ccc(C(C)C)cc2)cc1. The molecule has 2 amide bonds. The number of carbonyl (C=O) groups excluding carboxylic acids is 2. The Bertz CT molecular complexity index is 1490. The van der Waals surface area contributed by atoms with E-state index in [4.69, 9.17) is 23.2 Å². The number of nitrogens with one attached hydrogen (secondary N) is 1. The molecule has 0 aliphatic carbocycles. The molecule has 0 bridgehead atoms. The number of carbonyl (C=O) groups is 2. The number of rotatable bonds is 12. The van der Waals surface area contributed by atoms with E-state index in [-0.39, 0.29) is 29.2 Å². The van der Waals surface area contributed by atoms with Gasteiger partial charge in [-0.05, 0) is 73.2 Å². The van der Waals surface area contributed by atoms with Gasteiger partial charge in [0, 0.05) is 13.1 Å². The Morgan fingerprint density at radius 2 is 1.48 bits per heavy atom. The van der Waals surface area contributed by atoms with E-state index in [0.717, 1.165) is 15.4 Å². The van der Waals surface area contributed by atoms with E-state index in [9.17, 15) is 18.0 Å². The van der Waals surface area contributed by atoms with Crippen LogP contribution >= 0.6 is 23.2 Å². The maximum Gasteiger partial charge on any atom is 0.264 e. The quantitative estimate of drug-likeness (QED) is 0.238. The Balaban J connectivity index is 2.04. The molecule has 10 heteroatoms. The molecule has 0 aliphatic heterocycles. The van der Waals surface area contributed by atoms with Gasteiger partial charge in [0.1, 0.15) is 12.6 Å². The summed E-state index contributed by atoms with van der Waals surface area (Å²) < 4.78 is 29.1. The molecule has 0 aromatic heterocycles. The van der Waals surface area contributed by atoms with Crippen LogP contribution in [-0.4, -0.2) is 44.3 Å². The molecule has 0 unspecified atom stereocenters. The fourth-order valence-electron chi connectivity index (χ4n) is 4.26. The van der Waals surface area contributed by atoms with E-state index >= 15 is 0 Å². The summed E-state index contributed by atoms with van der Waals surface area (Å²) in [6.07, 6.45) is 0. The van der Waals surface area contributed by atoms with Crippen LogP contribution in [-0.2, 0) is 26.2 Å². The van der Waals surface area contributed by atoms with E-state index in [1.165, 1.54) is 17.0 Å².